The number of halogens is 1. The maximum atomic E-state index is 13.8. The zero-order valence-electron chi connectivity index (χ0n) is 12.5. The number of aromatic nitrogens is 4. The fourth-order valence-electron chi connectivity index (χ4n) is 2.32. The van der Waals surface area contributed by atoms with Crippen molar-refractivity contribution in [3.05, 3.63) is 42.1 Å². The van der Waals surface area contributed by atoms with Gasteiger partial charge in [0.05, 0.1) is 24.7 Å². The van der Waals surface area contributed by atoms with Crippen molar-refractivity contribution < 1.29 is 9.13 Å². The molecular formula is C15H16FN5O. The van der Waals surface area contributed by atoms with Crippen molar-refractivity contribution in [1.82, 2.24) is 19.7 Å². The highest BCUT2D eigenvalue weighted by Crippen LogP contribution is 2.26. The van der Waals surface area contributed by atoms with Crippen LogP contribution in [0.2, 0.25) is 0 Å². The molecule has 0 bridgehead atoms. The normalized spacial score (nSPS) is 12.4. The Balaban J connectivity index is 1.89. The highest BCUT2D eigenvalue weighted by molar-refractivity contribution is 5.86. The van der Waals surface area contributed by atoms with E-state index >= 15 is 0 Å². The molecule has 0 spiro atoms. The van der Waals surface area contributed by atoms with E-state index in [0.717, 1.165) is 16.6 Å². The molecule has 0 aliphatic carbocycles. The first-order chi connectivity index (χ1) is 10.6. The Hall–Kier alpha value is -2.70. The van der Waals surface area contributed by atoms with Gasteiger partial charge in [0, 0.05) is 7.05 Å². The summed E-state index contributed by atoms with van der Waals surface area (Å²) in [7, 11) is 3.27. The van der Waals surface area contributed by atoms with Crippen LogP contribution in [0.25, 0.3) is 11.0 Å². The third kappa shape index (κ3) is 2.45. The Kier molecular flexibility index (Phi) is 3.62. The molecule has 0 aliphatic rings. The Bertz CT molecular complexity index is 817. The minimum atomic E-state index is -0.386. The van der Waals surface area contributed by atoms with E-state index in [2.05, 4.69) is 20.4 Å². The number of fused-ring (bicyclic) bond motifs is 1. The highest BCUT2D eigenvalue weighted by atomic mass is 19.1. The standard InChI is InChI=1S/C15H16FN5O/c1-9(10-4-5-13(22-3)12(16)6-10)20-14-11-7-19-21(2)15(11)18-8-17-14/h4-9H,1-3H3,(H,17,18,20)/t9-/m1/s1. The molecule has 0 fully saturated rings. The van der Waals surface area contributed by atoms with Crippen molar-refractivity contribution in [2.24, 2.45) is 7.05 Å². The second-order valence-electron chi connectivity index (χ2n) is 4.99. The van der Waals surface area contributed by atoms with Crippen molar-refractivity contribution in [2.45, 2.75) is 13.0 Å². The second kappa shape index (κ2) is 5.59. The number of anilines is 1. The maximum Gasteiger partial charge on any atom is 0.165 e. The number of hydrogen-bond acceptors (Lipinski definition) is 5. The number of hydrogen-bond donors (Lipinski definition) is 1. The molecule has 0 unspecified atom stereocenters. The topological polar surface area (TPSA) is 64.9 Å². The van der Waals surface area contributed by atoms with E-state index < -0.39 is 0 Å². The third-order valence-corrected chi connectivity index (χ3v) is 3.56. The number of ether oxygens (including phenoxy) is 1. The summed E-state index contributed by atoms with van der Waals surface area (Å²) in [6, 6.07) is 4.76. The molecule has 0 saturated heterocycles. The zero-order chi connectivity index (χ0) is 15.7. The molecule has 3 aromatic rings. The van der Waals surface area contributed by atoms with E-state index in [-0.39, 0.29) is 17.6 Å². The van der Waals surface area contributed by atoms with E-state index in [4.69, 9.17) is 4.74 Å². The average molecular weight is 301 g/mol. The predicted octanol–water partition coefficient (Wildman–Crippen LogP) is 2.68. The molecule has 22 heavy (non-hydrogen) atoms. The largest absolute Gasteiger partial charge is 0.494 e. The van der Waals surface area contributed by atoms with Gasteiger partial charge in [-0.05, 0) is 24.6 Å². The molecule has 2 aromatic heterocycles. The maximum absolute atomic E-state index is 13.8. The Morgan fingerprint density at radius 2 is 2.14 bits per heavy atom. The summed E-state index contributed by atoms with van der Waals surface area (Å²) >= 11 is 0. The van der Waals surface area contributed by atoms with Crippen LogP contribution < -0.4 is 10.1 Å². The van der Waals surface area contributed by atoms with Crippen LogP contribution >= 0.6 is 0 Å². The molecule has 114 valence electrons. The van der Waals surface area contributed by atoms with Crippen LogP contribution in [0.5, 0.6) is 5.75 Å². The van der Waals surface area contributed by atoms with E-state index in [1.807, 2.05) is 20.0 Å². The van der Waals surface area contributed by atoms with Gasteiger partial charge in [-0.2, -0.15) is 5.10 Å². The van der Waals surface area contributed by atoms with Crippen LogP contribution in [0.1, 0.15) is 18.5 Å². The summed E-state index contributed by atoms with van der Waals surface area (Å²) in [4.78, 5) is 8.44. The lowest BCUT2D eigenvalue weighted by Crippen LogP contribution is -2.09. The minimum absolute atomic E-state index is 0.126. The zero-order valence-corrected chi connectivity index (χ0v) is 12.5. The molecule has 0 aliphatic heterocycles. The predicted molar refractivity (Wildman–Crippen MR) is 81.3 cm³/mol. The summed E-state index contributed by atoms with van der Waals surface area (Å²) in [5, 5.41) is 8.26. The Morgan fingerprint density at radius 3 is 2.86 bits per heavy atom. The van der Waals surface area contributed by atoms with Gasteiger partial charge < -0.3 is 10.1 Å². The van der Waals surface area contributed by atoms with E-state index in [1.54, 1.807) is 16.9 Å². The Morgan fingerprint density at radius 1 is 1.32 bits per heavy atom. The van der Waals surface area contributed by atoms with Crippen molar-refractivity contribution in [2.75, 3.05) is 12.4 Å². The van der Waals surface area contributed by atoms with Crippen molar-refractivity contribution in [3.8, 4) is 5.75 Å². The van der Waals surface area contributed by atoms with Gasteiger partial charge in [-0.25, -0.2) is 14.4 Å². The first-order valence-corrected chi connectivity index (χ1v) is 6.83. The number of nitrogens with one attached hydrogen (secondary N) is 1. The lowest BCUT2D eigenvalue weighted by Gasteiger charge is -2.16. The molecule has 1 atom stereocenters. The third-order valence-electron chi connectivity index (χ3n) is 3.56. The van der Waals surface area contributed by atoms with E-state index in [1.165, 1.54) is 19.5 Å². The molecule has 1 N–H and O–H groups in total. The van der Waals surface area contributed by atoms with Gasteiger partial charge >= 0.3 is 0 Å². The van der Waals surface area contributed by atoms with Crippen LogP contribution in [0.15, 0.2) is 30.7 Å². The second-order valence-corrected chi connectivity index (χ2v) is 4.99. The van der Waals surface area contributed by atoms with Crippen LogP contribution in [-0.2, 0) is 7.05 Å². The first-order valence-electron chi connectivity index (χ1n) is 6.83. The van der Waals surface area contributed by atoms with Gasteiger partial charge in [-0.15, -0.1) is 0 Å². The summed E-state index contributed by atoms with van der Waals surface area (Å²) in [5.41, 5.74) is 1.54. The van der Waals surface area contributed by atoms with Gasteiger partial charge in [-0.3, -0.25) is 4.68 Å². The quantitative estimate of drug-likeness (QED) is 0.802. The van der Waals surface area contributed by atoms with Gasteiger partial charge in [0.15, 0.2) is 17.2 Å². The molecular weight excluding hydrogens is 285 g/mol. The van der Waals surface area contributed by atoms with Crippen LogP contribution in [0.3, 0.4) is 0 Å². The molecule has 0 radical (unpaired) electrons. The summed E-state index contributed by atoms with van der Waals surface area (Å²) in [5.74, 6) is 0.511. The van der Waals surface area contributed by atoms with Gasteiger partial charge in [0.2, 0.25) is 0 Å². The van der Waals surface area contributed by atoms with Crippen LogP contribution in [0, 0.1) is 5.82 Å². The van der Waals surface area contributed by atoms with E-state index in [0.29, 0.717) is 5.82 Å². The molecule has 7 heteroatoms. The fraction of sp³-hybridized carbons (Fsp3) is 0.267. The van der Waals surface area contributed by atoms with Gasteiger partial charge in [0.1, 0.15) is 12.1 Å². The summed E-state index contributed by atoms with van der Waals surface area (Å²) in [6.07, 6.45) is 3.19. The molecule has 0 saturated carbocycles. The summed E-state index contributed by atoms with van der Waals surface area (Å²) < 4.78 is 20.4. The minimum Gasteiger partial charge on any atom is -0.494 e. The molecule has 1 aromatic carbocycles. The monoisotopic (exact) mass is 301 g/mol. The molecule has 6 nitrogen and oxygen atoms in total. The van der Waals surface area contributed by atoms with Gasteiger partial charge in [0.25, 0.3) is 0 Å². The van der Waals surface area contributed by atoms with Crippen LogP contribution in [0.4, 0.5) is 10.2 Å². The SMILES string of the molecule is COc1ccc([C@@H](C)Nc2ncnc3c2cnn3C)cc1F. The van der Waals surface area contributed by atoms with Crippen molar-refractivity contribution >= 4 is 16.9 Å². The lowest BCUT2D eigenvalue weighted by molar-refractivity contribution is 0.386. The first kappa shape index (κ1) is 14.2. The molecule has 3 rings (SSSR count). The number of benzene rings is 1. The number of methoxy groups -OCH3 is 1. The van der Waals surface area contributed by atoms with Crippen molar-refractivity contribution in [3.63, 3.8) is 0 Å². The number of nitrogens with zero attached hydrogens (tertiary/aromatic N) is 4. The number of aryl methyl sites for hydroxylation is 1. The lowest BCUT2D eigenvalue weighted by atomic mass is 10.1. The smallest absolute Gasteiger partial charge is 0.165 e. The van der Waals surface area contributed by atoms with Crippen molar-refractivity contribution in [1.29, 1.82) is 0 Å². The van der Waals surface area contributed by atoms with E-state index in [9.17, 15) is 4.39 Å². The Labute approximate surface area is 127 Å². The average Bonchev–Trinajstić information content (AvgIpc) is 2.90. The summed E-state index contributed by atoms with van der Waals surface area (Å²) in [6.45, 7) is 1.94. The molecule has 0 amide bonds. The fourth-order valence-corrected chi connectivity index (χ4v) is 2.32. The van der Waals surface area contributed by atoms with Gasteiger partial charge in [-0.1, -0.05) is 6.07 Å². The van der Waals surface area contributed by atoms with Crippen LogP contribution in [-0.4, -0.2) is 26.9 Å². The highest BCUT2D eigenvalue weighted by Gasteiger charge is 2.13. The molecule has 2 heterocycles. The number of rotatable bonds is 4.